The SMILES string of the molecule is CC1(C)[C@H](C=C(Cl)Cl)[C@H]1C(=O)Nc1ccccc1[N+](=O)[O-]. The predicted octanol–water partition coefficient (Wildman–Crippen LogP) is 4.12. The molecule has 1 amide bonds. The van der Waals surface area contributed by atoms with Crippen LogP contribution >= 0.6 is 23.2 Å². The highest BCUT2D eigenvalue weighted by atomic mass is 35.5. The molecular formula is C14H14Cl2N2O3. The van der Waals surface area contributed by atoms with Gasteiger partial charge in [0.1, 0.15) is 10.2 Å². The molecule has 0 heterocycles. The van der Waals surface area contributed by atoms with Crippen molar-refractivity contribution >= 4 is 40.5 Å². The molecule has 112 valence electrons. The van der Waals surface area contributed by atoms with Gasteiger partial charge in [-0.05, 0) is 23.5 Å². The molecule has 0 spiro atoms. The molecule has 1 aliphatic rings. The van der Waals surface area contributed by atoms with Crippen LogP contribution in [0, 0.1) is 27.4 Å². The Balaban J connectivity index is 2.17. The van der Waals surface area contributed by atoms with Crippen LogP contribution in [0.5, 0.6) is 0 Å². The third-order valence-corrected chi connectivity index (χ3v) is 4.11. The van der Waals surface area contributed by atoms with Crippen LogP contribution in [-0.2, 0) is 4.79 Å². The summed E-state index contributed by atoms with van der Waals surface area (Å²) in [5.41, 5.74) is -0.218. The number of nitrogens with zero attached hydrogens (tertiary/aromatic N) is 1. The normalized spacial score (nSPS) is 22.3. The second kappa shape index (κ2) is 5.66. The zero-order valence-corrected chi connectivity index (χ0v) is 13.0. The molecule has 1 aliphatic carbocycles. The maximum Gasteiger partial charge on any atom is 0.292 e. The van der Waals surface area contributed by atoms with Gasteiger partial charge in [0.25, 0.3) is 5.69 Å². The summed E-state index contributed by atoms with van der Waals surface area (Å²) in [4.78, 5) is 22.7. The number of nitro benzene ring substituents is 1. The van der Waals surface area contributed by atoms with Gasteiger partial charge in [-0.1, -0.05) is 49.2 Å². The van der Waals surface area contributed by atoms with Crippen molar-refractivity contribution in [3.05, 3.63) is 44.9 Å². The number of rotatable bonds is 4. The van der Waals surface area contributed by atoms with Crippen molar-refractivity contribution in [1.82, 2.24) is 0 Å². The highest BCUT2D eigenvalue weighted by Crippen LogP contribution is 2.60. The second-order valence-electron chi connectivity index (χ2n) is 5.54. The average molecular weight is 329 g/mol. The number of nitro groups is 1. The number of benzene rings is 1. The standard InChI is InChI=1S/C14H14Cl2N2O3/c1-14(2)8(7-11(15)16)12(14)13(19)17-9-5-3-4-6-10(9)18(20)21/h3-8,12H,1-2H3,(H,17,19)/t8-,12+/m1/s1. The second-order valence-corrected chi connectivity index (χ2v) is 6.55. The Morgan fingerprint density at radius 3 is 2.57 bits per heavy atom. The Hall–Kier alpha value is -1.59. The lowest BCUT2D eigenvalue weighted by atomic mass is 10.1. The quantitative estimate of drug-likeness (QED) is 0.667. The summed E-state index contributed by atoms with van der Waals surface area (Å²) >= 11 is 11.3. The smallest absolute Gasteiger partial charge is 0.292 e. The molecule has 0 aliphatic heterocycles. The fraction of sp³-hybridized carbons (Fsp3) is 0.357. The van der Waals surface area contributed by atoms with E-state index in [1.165, 1.54) is 12.1 Å². The van der Waals surface area contributed by atoms with E-state index >= 15 is 0 Å². The van der Waals surface area contributed by atoms with E-state index in [4.69, 9.17) is 23.2 Å². The van der Waals surface area contributed by atoms with E-state index in [2.05, 4.69) is 5.32 Å². The Labute approximate surface area is 132 Å². The molecule has 0 radical (unpaired) electrons. The average Bonchev–Trinajstić information content (AvgIpc) is 2.90. The summed E-state index contributed by atoms with van der Waals surface area (Å²) in [6, 6.07) is 6.03. The van der Waals surface area contributed by atoms with Crippen LogP contribution in [0.15, 0.2) is 34.8 Å². The molecular weight excluding hydrogens is 315 g/mol. The highest BCUT2D eigenvalue weighted by Gasteiger charge is 2.60. The van der Waals surface area contributed by atoms with Crippen molar-refractivity contribution in [2.45, 2.75) is 13.8 Å². The molecule has 5 nitrogen and oxygen atoms in total. The minimum Gasteiger partial charge on any atom is -0.320 e. The number of para-hydroxylation sites is 2. The van der Waals surface area contributed by atoms with Gasteiger partial charge in [-0.3, -0.25) is 14.9 Å². The number of carbonyl (C=O) groups is 1. The third-order valence-electron chi connectivity index (χ3n) is 3.86. The monoisotopic (exact) mass is 328 g/mol. The zero-order valence-electron chi connectivity index (χ0n) is 11.5. The lowest BCUT2D eigenvalue weighted by Crippen LogP contribution is -2.17. The molecule has 1 aromatic rings. The van der Waals surface area contributed by atoms with Crippen LogP contribution in [0.1, 0.15) is 13.8 Å². The van der Waals surface area contributed by atoms with Crippen molar-refractivity contribution in [1.29, 1.82) is 0 Å². The summed E-state index contributed by atoms with van der Waals surface area (Å²) in [6.07, 6.45) is 1.63. The van der Waals surface area contributed by atoms with E-state index in [0.717, 1.165) is 0 Å². The molecule has 1 N–H and O–H groups in total. The van der Waals surface area contributed by atoms with E-state index in [-0.39, 0.29) is 39.0 Å². The summed E-state index contributed by atoms with van der Waals surface area (Å²) in [7, 11) is 0. The van der Waals surface area contributed by atoms with Crippen molar-refractivity contribution in [2.75, 3.05) is 5.32 Å². The number of hydrogen-bond donors (Lipinski definition) is 1. The molecule has 21 heavy (non-hydrogen) atoms. The van der Waals surface area contributed by atoms with Gasteiger partial charge in [-0.15, -0.1) is 0 Å². The molecule has 1 fully saturated rings. The van der Waals surface area contributed by atoms with E-state index in [1.54, 1.807) is 18.2 Å². The lowest BCUT2D eigenvalue weighted by Gasteiger charge is -2.06. The van der Waals surface area contributed by atoms with E-state index in [1.807, 2.05) is 13.8 Å². The van der Waals surface area contributed by atoms with E-state index in [0.29, 0.717) is 0 Å². The molecule has 0 saturated heterocycles. The first-order chi connectivity index (χ1) is 9.75. The van der Waals surface area contributed by atoms with Gasteiger partial charge >= 0.3 is 0 Å². The van der Waals surface area contributed by atoms with Gasteiger partial charge in [-0.25, -0.2) is 0 Å². The fourth-order valence-electron chi connectivity index (χ4n) is 2.57. The minimum atomic E-state index is -0.527. The zero-order chi connectivity index (χ0) is 15.8. The van der Waals surface area contributed by atoms with Crippen molar-refractivity contribution in [2.24, 2.45) is 17.3 Å². The maximum atomic E-state index is 12.3. The first kappa shape index (κ1) is 15.8. The first-order valence-corrected chi connectivity index (χ1v) is 7.08. The minimum absolute atomic E-state index is 0.0785. The van der Waals surface area contributed by atoms with Crippen LogP contribution in [0.25, 0.3) is 0 Å². The largest absolute Gasteiger partial charge is 0.320 e. The number of anilines is 1. The Kier molecular flexibility index (Phi) is 4.25. The molecule has 1 aromatic carbocycles. The topological polar surface area (TPSA) is 72.2 Å². The molecule has 2 rings (SSSR count). The number of nitrogens with one attached hydrogen (secondary N) is 1. The Morgan fingerprint density at radius 1 is 1.38 bits per heavy atom. The molecule has 7 heteroatoms. The predicted molar refractivity (Wildman–Crippen MR) is 82.3 cm³/mol. The number of allylic oxidation sites excluding steroid dienone is 1. The molecule has 2 atom stereocenters. The summed E-state index contributed by atoms with van der Waals surface area (Å²) in [6.45, 7) is 3.85. The van der Waals surface area contributed by atoms with Crippen LogP contribution in [0.2, 0.25) is 0 Å². The van der Waals surface area contributed by atoms with Crippen LogP contribution < -0.4 is 5.32 Å². The summed E-state index contributed by atoms with van der Waals surface area (Å²) in [5, 5.41) is 13.6. The maximum absolute atomic E-state index is 12.3. The van der Waals surface area contributed by atoms with Gasteiger partial charge in [0.15, 0.2) is 0 Å². The summed E-state index contributed by atoms with van der Waals surface area (Å²) in [5.74, 6) is -0.666. The Bertz CT molecular complexity index is 624. The van der Waals surface area contributed by atoms with Crippen LogP contribution in [0.3, 0.4) is 0 Å². The van der Waals surface area contributed by atoms with Crippen LogP contribution in [-0.4, -0.2) is 10.8 Å². The van der Waals surface area contributed by atoms with Gasteiger partial charge in [0.05, 0.1) is 10.8 Å². The van der Waals surface area contributed by atoms with E-state index in [9.17, 15) is 14.9 Å². The Morgan fingerprint density at radius 2 is 2.00 bits per heavy atom. The number of carbonyl (C=O) groups excluding carboxylic acids is 1. The number of amides is 1. The fourth-order valence-corrected chi connectivity index (χ4v) is 2.85. The first-order valence-electron chi connectivity index (χ1n) is 6.32. The highest BCUT2D eigenvalue weighted by molar-refractivity contribution is 6.55. The third kappa shape index (κ3) is 3.19. The van der Waals surface area contributed by atoms with Gasteiger partial charge in [0, 0.05) is 6.07 Å². The van der Waals surface area contributed by atoms with Crippen molar-refractivity contribution < 1.29 is 9.72 Å². The van der Waals surface area contributed by atoms with Crippen LogP contribution in [0.4, 0.5) is 11.4 Å². The van der Waals surface area contributed by atoms with Gasteiger partial charge in [-0.2, -0.15) is 0 Å². The molecule has 0 unspecified atom stereocenters. The van der Waals surface area contributed by atoms with Crippen molar-refractivity contribution in [3.63, 3.8) is 0 Å². The lowest BCUT2D eigenvalue weighted by molar-refractivity contribution is -0.383. The summed E-state index contributed by atoms with van der Waals surface area (Å²) < 4.78 is 0.120. The van der Waals surface area contributed by atoms with Gasteiger partial charge < -0.3 is 5.32 Å². The molecule has 0 aromatic heterocycles. The number of halogens is 2. The van der Waals surface area contributed by atoms with Crippen molar-refractivity contribution in [3.8, 4) is 0 Å². The molecule has 0 bridgehead atoms. The van der Waals surface area contributed by atoms with E-state index < -0.39 is 4.92 Å². The number of hydrogen-bond acceptors (Lipinski definition) is 3. The van der Waals surface area contributed by atoms with Gasteiger partial charge in [0.2, 0.25) is 5.91 Å². The molecule has 1 saturated carbocycles.